The molecule has 0 unspecified atom stereocenters. The lowest BCUT2D eigenvalue weighted by atomic mass is 10.1. The Labute approximate surface area is 54.8 Å². The number of hydrogen-bond donors (Lipinski definition) is 1. The van der Waals surface area contributed by atoms with Crippen molar-refractivity contribution in [3.8, 4) is 0 Å². The van der Waals surface area contributed by atoms with Crippen molar-refractivity contribution in [3.05, 3.63) is 7.05 Å². The lowest BCUT2D eigenvalue weighted by Crippen LogP contribution is -2.25. The van der Waals surface area contributed by atoms with Gasteiger partial charge in [0.1, 0.15) is 0 Å². The Morgan fingerprint density at radius 3 is 2.67 bits per heavy atom. The van der Waals surface area contributed by atoms with Gasteiger partial charge < -0.3 is 10.6 Å². The highest BCUT2D eigenvalue weighted by Gasteiger charge is 2.20. The molecule has 1 atom stereocenters. The second kappa shape index (κ2) is 2.35. The van der Waals surface area contributed by atoms with Crippen molar-refractivity contribution in [1.82, 2.24) is 4.90 Å². The van der Waals surface area contributed by atoms with Gasteiger partial charge in [-0.1, -0.05) is 0 Å². The van der Waals surface area contributed by atoms with Crippen LogP contribution in [0, 0.1) is 13.0 Å². The Bertz CT molecular complexity index is 124. The normalized spacial score (nSPS) is 28.8. The number of carbonyl (C=O) groups excluding carboxylic acids is 1. The highest BCUT2D eigenvalue weighted by atomic mass is 16.1. The Morgan fingerprint density at radius 2 is 2.44 bits per heavy atom. The van der Waals surface area contributed by atoms with Gasteiger partial charge in [-0.3, -0.25) is 11.8 Å². The third kappa shape index (κ3) is 1.42. The predicted octanol–water partition coefficient (Wildman–Crippen LogP) is -0.415. The predicted molar refractivity (Wildman–Crippen MR) is 34.2 cm³/mol. The Hall–Kier alpha value is -0.570. The average Bonchev–Trinajstić information content (AvgIpc) is 2.14. The molecule has 1 heterocycles. The van der Waals surface area contributed by atoms with E-state index in [2.05, 4.69) is 7.05 Å². The summed E-state index contributed by atoms with van der Waals surface area (Å²) in [5, 5.41) is 0. The molecule has 52 valence electrons. The summed E-state index contributed by atoms with van der Waals surface area (Å²) in [4.78, 5) is 12.4. The summed E-state index contributed by atoms with van der Waals surface area (Å²) < 4.78 is 0. The summed E-state index contributed by atoms with van der Waals surface area (Å²) in [5.41, 5.74) is 5.07. The van der Waals surface area contributed by atoms with E-state index in [0.29, 0.717) is 0 Å². The largest absolute Gasteiger partial charge is 0.459 e. The third-order valence-electron chi connectivity index (χ3n) is 1.67. The van der Waals surface area contributed by atoms with Gasteiger partial charge in [0.2, 0.25) is 5.91 Å². The van der Waals surface area contributed by atoms with E-state index >= 15 is 0 Å². The number of carbonyl (C=O) groups is 1. The maximum atomic E-state index is 10.5. The fraction of sp³-hybridized carbons (Fsp3) is 0.667. The molecule has 0 aromatic rings. The molecule has 0 aliphatic carbocycles. The average molecular weight is 127 g/mol. The lowest BCUT2D eigenvalue weighted by molar-refractivity contribution is -0.121. The van der Waals surface area contributed by atoms with Crippen molar-refractivity contribution in [3.63, 3.8) is 0 Å². The zero-order valence-corrected chi connectivity index (χ0v) is 5.34. The first kappa shape index (κ1) is 6.55. The number of nitrogens with zero attached hydrogens (tertiary/aromatic N) is 1. The molecule has 1 rings (SSSR count). The summed E-state index contributed by atoms with van der Waals surface area (Å²) in [6.07, 6.45) is 0.874. The van der Waals surface area contributed by atoms with E-state index in [-0.39, 0.29) is 11.8 Å². The van der Waals surface area contributed by atoms with E-state index in [4.69, 9.17) is 5.73 Å². The Kier molecular flexibility index (Phi) is 1.71. The fourth-order valence-electron chi connectivity index (χ4n) is 1.06. The van der Waals surface area contributed by atoms with E-state index in [0.717, 1.165) is 19.5 Å². The minimum absolute atomic E-state index is 0.0440. The number of hydrogen-bond acceptors (Lipinski definition) is 2. The molecule has 2 N–H and O–H groups in total. The molecule has 0 radical (unpaired) electrons. The van der Waals surface area contributed by atoms with Crippen LogP contribution in [0.5, 0.6) is 0 Å². The van der Waals surface area contributed by atoms with Gasteiger partial charge in [-0.2, -0.15) is 0 Å². The van der Waals surface area contributed by atoms with Crippen LogP contribution in [0.3, 0.4) is 0 Å². The first-order valence-corrected chi connectivity index (χ1v) is 3.05. The SMILES string of the molecule is [CH2-]N1CC[C@H](C(N)=O)C1. The second-order valence-corrected chi connectivity index (χ2v) is 2.46. The van der Waals surface area contributed by atoms with Crippen LogP contribution in [0.4, 0.5) is 0 Å². The number of primary amides is 1. The molecule has 0 bridgehead atoms. The minimum Gasteiger partial charge on any atom is -0.459 e. The monoisotopic (exact) mass is 127 g/mol. The molecule has 1 aliphatic heterocycles. The molecule has 9 heavy (non-hydrogen) atoms. The second-order valence-electron chi connectivity index (χ2n) is 2.46. The highest BCUT2D eigenvalue weighted by molar-refractivity contribution is 5.77. The molecule has 3 nitrogen and oxygen atoms in total. The molecular weight excluding hydrogens is 116 g/mol. The van der Waals surface area contributed by atoms with Crippen LogP contribution in [0.15, 0.2) is 0 Å². The smallest absolute Gasteiger partial charge is 0.221 e. The summed E-state index contributed by atoms with van der Waals surface area (Å²) in [7, 11) is 3.70. The molecule has 3 heteroatoms. The molecule has 1 amide bonds. The quantitative estimate of drug-likeness (QED) is 0.486. The van der Waals surface area contributed by atoms with E-state index < -0.39 is 0 Å². The van der Waals surface area contributed by atoms with Crippen LogP contribution in [0.25, 0.3) is 0 Å². The van der Waals surface area contributed by atoms with Crippen LogP contribution < -0.4 is 5.73 Å². The molecule has 0 aromatic heterocycles. The molecular formula is C6H11N2O-. The van der Waals surface area contributed by atoms with Gasteiger partial charge in [-0.05, 0) is 19.5 Å². The van der Waals surface area contributed by atoms with Crippen LogP contribution in [0.1, 0.15) is 6.42 Å². The van der Waals surface area contributed by atoms with Crippen LogP contribution in [0.2, 0.25) is 0 Å². The Balaban J connectivity index is 2.39. The van der Waals surface area contributed by atoms with Crippen LogP contribution in [-0.4, -0.2) is 23.9 Å². The van der Waals surface area contributed by atoms with Crippen molar-refractivity contribution >= 4 is 5.91 Å². The van der Waals surface area contributed by atoms with Gasteiger partial charge in [0.15, 0.2) is 0 Å². The molecule has 1 aliphatic rings. The fourth-order valence-corrected chi connectivity index (χ4v) is 1.06. The molecule has 0 saturated carbocycles. The van der Waals surface area contributed by atoms with Crippen molar-refractivity contribution in [1.29, 1.82) is 0 Å². The number of likely N-dealkylation sites (tertiary alicyclic amines) is 1. The van der Waals surface area contributed by atoms with Gasteiger partial charge in [0.25, 0.3) is 0 Å². The van der Waals surface area contributed by atoms with Crippen molar-refractivity contribution < 1.29 is 4.79 Å². The standard InChI is InChI=1S/C6H11N2O/c1-8-3-2-5(4-8)6(7)9/h5H,1-4H2,(H2,7,9)/q-1/t5-/m0/s1. The number of nitrogens with two attached hydrogens (primary N) is 1. The number of amides is 1. The zero-order valence-electron chi connectivity index (χ0n) is 5.34. The maximum absolute atomic E-state index is 10.5. The summed E-state index contributed by atoms with van der Waals surface area (Å²) >= 11 is 0. The molecule has 0 aromatic carbocycles. The molecule has 1 saturated heterocycles. The van der Waals surface area contributed by atoms with E-state index in [1.165, 1.54) is 0 Å². The molecule has 0 spiro atoms. The summed E-state index contributed by atoms with van der Waals surface area (Å²) in [6.45, 7) is 1.63. The van der Waals surface area contributed by atoms with Gasteiger partial charge >= 0.3 is 0 Å². The van der Waals surface area contributed by atoms with E-state index in [9.17, 15) is 4.79 Å². The first-order valence-electron chi connectivity index (χ1n) is 3.05. The van der Waals surface area contributed by atoms with Crippen molar-refractivity contribution in [2.24, 2.45) is 11.7 Å². The molecule has 1 fully saturated rings. The van der Waals surface area contributed by atoms with Gasteiger partial charge in [-0.25, -0.2) is 0 Å². The number of rotatable bonds is 1. The first-order chi connectivity index (χ1) is 4.20. The van der Waals surface area contributed by atoms with Gasteiger partial charge in [0.05, 0.1) is 0 Å². The third-order valence-corrected chi connectivity index (χ3v) is 1.67. The highest BCUT2D eigenvalue weighted by Crippen LogP contribution is 2.13. The van der Waals surface area contributed by atoms with Crippen LogP contribution in [-0.2, 0) is 4.79 Å². The zero-order chi connectivity index (χ0) is 6.85. The minimum atomic E-state index is -0.193. The van der Waals surface area contributed by atoms with Gasteiger partial charge in [0, 0.05) is 5.92 Å². The van der Waals surface area contributed by atoms with E-state index in [1.807, 2.05) is 4.90 Å². The summed E-state index contributed by atoms with van der Waals surface area (Å²) in [5.74, 6) is -0.149. The van der Waals surface area contributed by atoms with Crippen molar-refractivity contribution in [2.45, 2.75) is 6.42 Å². The lowest BCUT2D eigenvalue weighted by Gasteiger charge is -2.14. The van der Waals surface area contributed by atoms with Crippen LogP contribution >= 0.6 is 0 Å². The Morgan fingerprint density at radius 1 is 1.78 bits per heavy atom. The van der Waals surface area contributed by atoms with Gasteiger partial charge in [-0.15, -0.1) is 0 Å². The van der Waals surface area contributed by atoms with Crippen molar-refractivity contribution in [2.75, 3.05) is 13.1 Å². The topological polar surface area (TPSA) is 46.3 Å². The van der Waals surface area contributed by atoms with E-state index in [1.54, 1.807) is 0 Å². The maximum Gasteiger partial charge on any atom is 0.221 e. The summed E-state index contributed by atoms with van der Waals surface area (Å²) in [6, 6.07) is 0.